The van der Waals surface area contributed by atoms with Gasteiger partial charge >= 0.3 is 5.97 Å². The van der Waals surface area contributed by atoms with Crippen LogP contribution in [0.1, 0.15) is 19.3 Å². The number of carboxylic acid groups (broad SMARTS) is 1. The summed E-state index contributed by atoms with van der Waals surface area (Å²) in [6, 6.07) is -3.51. The Morgan fingerprint density at radius 2 is 1.47 bits per heavy atom. The first-order chi connectivity index (χ1) is 15.9. The van der Waals surface area contributed by atoms with Gasteiger partial charge in [0.15, 0.2) is 5.96 Å². The first-order valence-corrected chi connectivity index (χ1v) is 10.6. The van der Waals surface area contributed by atoms with Crippen molar-refractivity contribution < 1.29 is 33.9 Å². The van der Waals surface area contributed by atoms with Crippen LogP contribution in [0.25, 0.3) is 0 Å². The SMILES string of the molecule is NC(=O)C[C@@H](NC(=O)CNC(=O)[C@@H](CCCN=C(N)N)NC(=O)[C@H](N)CS)C(=O)NCC(=O)O. The zero-order chi connectivity index (χ0) is 26.3. The van der Waals surface area contributed by atoms with Gasteiger partial charge in [-0.25, -0.2) is 0 Å². The van der Waals surface area contributed by atoms with E-state index in [0.29, 0.717) is 6.42 Å². The van der Waals surface area contributed by atoms with Crippen LogP contribution < -0.4 is 44.2 Å². The Kier molecular flexibility index (Phi) is 14.4. The van der Waals surface area contributed by atoms with Crippen LogP contribution in [0, 0.1) is 0 Å². The number of nitrogens with one attached hydrogen (secondary N) is 4. The van der Waals surface area contributed by atoms with Gasteiger partial charge in [-0.3, -0.25) is 33.8 Å². The minimum atomic E-state index is -1.45. The Hall–Kier alpha value is -3.60. The predicted octanol–water partition coefficient (Wildman–Crippen LogP) is -5.54. The molecule has 0 aliphatic rings. The summed E-state index contributed by atoms with van der Waals surface area (Å²) in [5, 5.41) is 17.5. The van der Waals surface area contributed by atoms with Gasteiger partial charge in [0.25, 0.3) is 0 Å². The van der Waals surface area contributed by atoms with Gasteiger partial charge in [0.1, 0.15) is 18.6 Å². The fourth-order valence-electron chi connectivity index (χ4n) is 2.37. The summed E-state index contributed by atoms with van der Waals surface area (Å²) in [7, 11) is 0. The third kappa shape index (κ3) is 13.7. The van der Waals surface area contributed by atoms with E-state index in [2.05, 4.69) is 33.6 Å². The average Bonchev–Trinajstić information content (AvgIpc) is 2.75. The van der Waals surface area contributed by atoms with Crippen LogP contribution in [0.4, 0.5) is 0 Å². The van der Waals surface area contributed by atoms with Crippen molar-refractivity contribution in [2.24, 2.45) is 27.9 Å². The zero-order valence-corrected chi connectivity index (χ0v) is 19.2. The molecule has 0 rings (SSSR count). The lowest BCUT2D eigenvalue weighted by molar-refractivity contribution is -0.138. The minimum Gasteiger partial charge on any atom is -0.480 e. The summed E-state index contributed by atoms with van der Waals surface area (Å²) in [6.45, 7) is -1.18. The molecule has 0 radical (unpaired) electrons. The van der Waals surface area contributed by atoms with Crippen LogP contribution in [0.3, 0.4) is 0 Å². The Balaban J connectivity index is 5.04. The topological polar surface area (TPSA) is 287 Å². The molecule has 0 saturated heterocycles. The number of nitrogens with zero attached hydrogens (tertiary/aromatic N) is 1. The van der Waals surface area contributed by atoms with Gasteiger partial charge in [0.2, 0.25) is 29.5 Å². The van der Waals surface area contributed by atoms with Crippen molar-refractivity contribution in [3.8, 4) is 0 Å². The molecule has 3 atom stereocenters. The van der Waals surface area contributed by atoms with E-state index in [1.54, 1.807) is 0 Å². The molecule has 0 aromatic heterocycles. The molecule has 0 saturated carbocycles. The number of thiol groups is 1. The predicted molar refractivity (Wildman–Crippen MR) is 123 cm³/mol. The summed E-state index contributed by atoms with van der Waals surface area (Å²) in [6.07, 6.45) is -0.184. The monoisotopic (exact) mass is 505 g/mol. The van der Waals surface area contributed by atoms with Gasteiger partial charge in [-0.05, 0) is 12.8 Å². The molecule has 0 unspecified atom stereocenters. The van der Waals surface area contributed by atoms with Crippen LogP contribution in [0.15, 0.2) is 4.99 Å². The van der Waals surface area contributed by atoms with Gasteiger partial charge < -0.3 is 49.3 Å². The van der Waals surface area contributed by atoms with Crippen molar-refractivity contribution in [2.75, 3.05) is 25.4 Å². The van der Waals surface area contributed by atoms with E-state index in [1.165, 1.54) is 0 Å². The van der Waals surface area contributed by atoms with E-state index in [4.69, 9.17) is 28.0 Å². The molecule has 0 aliphatic heterocycles. The van der Waals surface area contributed by atoms with Crippen molar-refractivity contribution in [3.63, 3.8) is 0 Å². The van der Waals surface area contributed by atoms with Gasteiger partial charge in [0, 0.05) is 12.3 Å². The lowest BCUT2D eigenvalue weighted by atomic mass is 10.1. The van der Waals surface area contributed by atoms with Gasteiger partial charge in [-0.15, -0.1) is 0 Å². The first kappa shape index (κ1) is 30.4. The number of carboxylic acids is 1. The number of aliphatic imine (C=N–C) groups is 1. The molecule has 5 amide bonds. The molecule has 0 aromatic carbocycles. The molecule has 0 aromatic rings. The van der Waals surface area contributed by atoms with E-state index in [0.717, 1.165) is 0 Å². The largest absolute Gasteiger partial charge is 0.480 e. The lowest BCUT2D eigenvalue weighted by Crippen LogP contribution is -2.55. The quantitative estimate of drug-likeness (QED) is 0.0410. The maximum atomic E-state index is 12.5. The highest BCUT2D eigenvalue weighted by atomic mass is 32.1. The number of aliphatic carboxylic acids is 1. The van der Waals surface area contributed by atoms with Crippen LogP contribution in [0.5, 0.6) is 0 Å². The Labute approximate surface area is 200 Å². The summed E-state index contributed by atoms with van der Waals surface area (Å²) in [5.41, 5.74) is 21.1. The van der Waals surface area contributed by atoms with Gasteiger partial charge in [0.05, 0.1) is 19.0 Å². The summed E-state index contributed by atoms with van der Waals surface area (Å²) >= 11 is 3.92. The molecule has 0 bridgehead atoms. The highest BCUT2D eigenvalue weighted by molar-refractivity contribution is 7.80. The Morgan fingerprint density at radius 3 is 2.00 bits per heavy atom. The summed E-state index contributed by atoms with van der Waals surface area (Å²) in [5.74, 6) is -5.58. The minimum absolute atomic E-state index is 0.0295. The normalized spacial score (nSPS) is 12.9. The molecule has 34 heavy (non-hydrogen) atoms. The molecule has 0 fully saturated rings. The van der Waals surface area contributed by atoms with Gasteiger partial charge in [-0.1, -0.05) is 0 Å². The number of nitrogens with two attached hydrogens (primary N) is 4. The number of carbonyl (C=O) groups excluding carboxylic acids is 5. The number of primary amides is 1. The fourth-order valence-corrected chi connectivity index (χ4v) is 2.53. The Bertz CT molecular complexity index is 789. The highest BCUT2D eigenvalue weighted by Crippen LogP contribution is 2.00. The third-order valence-electron chi connectivity index (χ3n) is 4.01. The summed E-state index contributed by atoms with van der Waals surface area (Å²) in [4.78, 5) is 74.3. The fraction of sp³-hybridized carbons (Fsp3) is 0.588. The van der Waals surface area contributed by atoms with Crippen LogP contribution in [0.2, 0.25) is 0 Å². The highest BCUT2D eigenvalue weighted by Gasteiger charge is 2.26. The number of hydrogen-bond donors (Lipinski definition) is 10. The van der Waals surface area contributed by atoms with E-state index in [-0.39, 0.29) is 24.7 Å². The van der Waals surface area contributed by atoms with E-state index < -0.39 is 73.1 Å². The maximum Gasteiger partial charge on any atom is 0.322 e. The lowest BCUT2D eigenvalue weighted by Gasteiger charge is -2.21. The first-order valence-electron chi connectivity index (χ1n) is 9.94. The average molecular weight is 506 g/mol. The second-order valence-electron chi connectivity index (χ2n) is 6.92. The second-order valence-corrected chi connectivity index (χ2v) is 7.28. The molecular weight excluding hydrogens is 474 g/mol. The molecule has 16 nitrogen and oxygen atoms in total. The van der Waals surface area contributed by atoms with Crippen molar-refractivity contribution in [2.45, 2.75) is 37.4 Å². The molecule has 17 heteroatoms. The summed E-state index contributed by atoms with van der Waals surface area (Å²) < 4.78 is 0. The van der Waals surface area contributed by atoms with E-state index in [9.17, 15) is 28.8 Å². The molecule has 0 heterocycles. The molecule has 13 N–H and O–H groups in total. The van der Waals surface area contributed by atoms with Crippen LogP contribution in [-0.2, 0) is 28.8 Å². The number of amides is 5. The maximum absolute atomic E-state index is 12.5. The number of rotatable bonds is 16. The molecule has 192 valence electrons. The van der Waals surface area contributed by atoms with Crippen molar-refractivity contribution in [1.82, 2.24) is 21.3 Å². The smallest absolute Gasteiger partial charge is 0.322 e. The van der Waals surface area contributed by atoms with Crippen molar-refractivity contribution in [3.05, 3.63) is 0 Å². The standard InChI is InChI=1S/C17H31N9O7S/c18-8(7-34)14(31)26-9(2-1-3-22-17(20)21)15(32)23-5-12(28)25-10(4-11(19)27)16(33)24-6-13(29)30/h8-10,34H,1-7,18H2,(H2,19,27)(H,23,32)(H,24,33)(H,25,28)(H,26,31)(H,29,30)(H4,20,21,22)/t8-,9-,10-/m1/s1. The zero-order valence-electron chi connectivity index (χ0n) is 18.3. The molecule has 0 spiro atoms. The third-order valence-corrected chi connectivity index (χ3v) is 4.40. The molecular formula is C17H31N9O7S. The van der Waals surface area contributed by atoms with E-state index >= 15 is 0 Å². The van der Waals surface area contributed by atoms with Crippen LogP contribution >= 0.6 is 12.6 Å². The van der Waals surface area contributed by atoms with Gasteiger partial charge in [-0.2, -0.15) is 12.6 Å². The van der Waals surface area contributed by atoms with Crippen LogP contribution in [-0.4, -0.2) is 90.1 Å². The van der Waals surface area contributed by atoms with E-state index in [1.807, 2.05) is 5.32 Å². The molecule has 0 aliphatic carbocycles. The number of carbonyl (C=O) groups is 6. The number of hydrogen-bond acceptors (Lipinski definition) is 9. The van der Waals surface area contributed by atoms with Crippen molar-refractivity contribution >= 4 is 54.1 Å². The number of guanidine groups is 1. The Morgan fingerprint density at radius 1 is 0.882 bits per heavy atom. The van der Waals surface area contributed by atoms with Crippen molar-refractivity contribution in [1.29, 1.82) is 0 Å². The second kappa shape index (κ2) is 16.1.